The quantitative estimate of drug-likeness (QED) is 0.595. The van der Waals surface area contributed by atoms with Gasteiger partial charge in [0.15, 0.2) is 0 Å². The van der Waals surface area contributed by atoms with Crippen molar-refractivity contribution in [3.63, 3.8) is 0 Å². The van der Waals surface area contributed by atoms with Crippen LogP contribution < -0.4 is 5.56 Å². The zero-order valence-electron chi connectivity index (χ0n) is 8.85. The highest BCUT2D eigenvalue weighted by molar-refractivity contribution is 5.81. The number of H-pyrrole nitrogens is 1. The molecule has 16 heavy (non-hydrogen) atoms. The molecule has 0 saturated heterocycles. The van der Waals surface area contributed by atoms with Gasteiger partial charge in [-0.3, -0.25) is 4.79 Å². The molecule has 0 bridgehead atoms. The van der Waals surface area contributed by atoms with Gasteiger partial charge < -0.3 is 4.98 Å². The van der Waals surface area contributed by atoms with Gasteiger partial charge in [0.05, 0.1) is 16.6 Å². The Kier molecular flexibility index (Phi) is 1.62. The van der Waals surface area contributed by atoms with Gasteiger partial charge in [-0.1, -0.05) is 0 Å². The lowest BCUT2D eigenvalue weighted by molar-refractivity contribution is 0.945. The largest absolute Gasteiger partial charge is 0.328 e. The second kappa shape index (κ2) is 2.88. The fourth-order valence-electron chi connectivity index (χ4n) is 1.84. The summed E-state index contributed by atoms with van der Waals surface area (Å²) in [6.45, 7) is 3.59. The first-order chi connectivity index (χ1) is 7.66. The highest BCUT2D eigenvalue weighted by Crippen LogP contribution is 2.13. The standard InChI is InChI=1S/C10H9N5O/c1-5-8-7(3-4-11-9(8)16)15-10(12-5)13-6(2)14-15/h3-4H,1-2H3,(H,11,16). The summed E-state index contributed by atoms with van der Waals surface area (Å²) < 4.78 is 1.59. The van der Waals surface area contributed by atoms with Gasteiger partial charge >= 0.3 is 0 Å². The SMILES string of the molecule is Cc1nc2nc(C)c3c(=O)[nH]ccc3n2n1. The third-order valence-electron chi connectivity index (χ3n) is 2.49. The molecule has 3 aromatic rings. The van der Waals surface area contributed by atoms with E-state index in [-0.39, 0.29) is 5.56 Å². The predicted molar refractivity (Wildman–Crippen MR) is 58.4 cm³/mol. The van der Waals surface area contributed by atoms with E-state index in [9.17, 15) is 4.79 Å². The average Bonchev–Trinajstić information content (AvgIpc) is 2.58. The lowest BCUT2D eigenvalue weighted by Gasteiger charge is -2.01. The topological polar surface area (TPSA) is 75.9 Å². The number of pyridine rings is 1. The number of hydrogen-bond donors (Lipinski definition) is 1. The molecule has 0 saturated carbocycles. The van der Waals surface area contributed by atoms with E-state index in [1.54, 1.807) is 30.6 Å². The molecular formula is C10H9N5O. The molecule has 6 heteroatoms. The van der Waals surface area contributed by atoms with E-state index in [0.29, 0.717) is 22.7 Å². The second-order valence-corrected chi connectivity index (χ2v) is 3.64. The van der Waals surface area contributed by atoms with Crippen LogP contribution in [0.4, 0.5) is 0 Å². The maximum absolute atomic E-state index is 11.7. The molecule has 0 amide bonds. The van der Waals surface area contributed by atoms with E-state index in [2.05, 4.69) is 20.1 Å². The van der Waals surface area contributed by atoms with Crippen LogP contribution in [0.2, 0.25) is 0 Å². The Morgan fingerprint density at radius 2 is 2.12 bits per heavy atom. The van der Waals surface area contributed by atoms with Crippen LogP contribution >= 0.6 is 0 Å². The molecule has 3 aromatic heterocycles. The number of hydrogen-bond acceptors (Lipinski definition) is 4. The van der Waals surface area contributed by atoms with Gasteiger partial charge in [-0.25, -0.2) is 4.98 Å². The number of nitrogens with one attached hydrogen (secondary N) is 1. The van der Waals surface area contributed by atoms with Gasteiger partial charge in [0.2, 0.25) is 0 Å². The number of rotatable bonds is 0. The van der Waals surface area contributed by atoms with Crippen molar-refractivity contribution in [2.75, 3.05) is 0 Å². The molecule has 80 valence electrons. The third kappa shape index (κ3) is 1.06. The van der Waals surface area contributed by atoms with E-state index in [4.69, 9.17) is 0 Å². The molecule has 0 atom stereocenters. The van der Waals surface area contributed by atoms with Crippen LogP contribution in [0.25, 0.3) is 16.7 Å². The van der Waals surface area contributed by atoms with E-state index < -0.39 is 0 Å². The zero-order valence-corrected chi connectivity index (χ0v) is 8.85. The first kappa shape index (κ1) is 9.02. The Balaban J connectivity index is 2.69. The predicted octanol–water partition coefficient (Wildman–Crippen LogP) is 0.583. The molecule has 0 aliphatic rings. The van der Waals surface area contributed by atoms with Crippen molar-refractivity contribution >= 4 is 16.7 Å². The molecular weight excluding hydrogens is 206 g/mol. The molecule has 0 radical (unpaired) electrons. The maximum atomic E-state index is 11.7. The summed E-state index contributed by atoms with van der Waals surface area (Å²) in [7, 11) is 0. The normalized spacial score (nSPS) is 11.4. The summed E-state index contributed by atoms with van der Waals surface area (Å²) in [6, 6.07) is 1.80. The van der Waals surface area contributed by atoms with Gasteiger partial charge in [0.1, 0.15) is 5.82 Å². The molecule has 0 spiro atoms. The van der Waals surface area contributed by atoms with Crippen LogP contribution in [0, 0.1) is 13.8 Å². The van der Waals surface area contributed by atoms with Crippen molar-refractivity contribution in [3.8, 4) is 0 Å². The average molecular weight is 215 g/mol. The third-order valence-corrected chi connectivity index (χ3v) is 2.49. The number of fused-ring (bicyclic) bond motifs is 3. The number of aromatic nitrogens is 5. The maximum Gasteiger partial charge on any atom is 0.259 e. The molecule has 3 heterocycles. The Bertz CT molecular complexity index is 755. The molecule has 0 aromatic carbocycles. The van der Waals surface area contributed by atoms with Gasteiger partial charge in [-0.05, 0) is 19.9 Å². The molecule has 0 aliphatic carbocycles. The summed E-state index contributed by atoms with van der Waals surface area (Å²) in [4.78, 5) is 22.8. The monoisotopic (exact) mass is 215 g/mol. The van der Waals surface area contributed by atoms with Gasteiger partial charge in [-0.2, -0.15) is 9.50 Å². The van der Waals surface area contributed by atoms with Crippen LogP contribution in [0.15, 0.2) is 17.1 Å². The van der Waals surface area contributed by atoms with E-state index in [0.717, 1.165) is 5.52 Å². The summed E-state index contributed by atoms with van der Waals surface area (Å²) in [5.41, 5.74) is 1.24. The van der Waals surface area contributed by atoms with Crippen molar-refractivity contribution < 1.29 is 0 Å². The van der Waals surface area contributed by atoms with Gasteiger partial charge in [0.25, 0.3) is 11.3 Å². The van der Waals surface area contributed by atoms with Crippen LogP contribution in [-0.4, -0.2) is 24.6 Å². The summed E-state index contributed by atoms with van der Waals surface area (Å²) >= 11 is 0. The Labute approximate surface area is 90.0 Å². The van der Waals surface area contributed by atoms with Crippen molar-refractivity contribution in [1.29, 1.82) is 0 Å². The Morgan fingerprint density at radius 1 is 1.31 bits per heavy atom. The Hall–Kier alpha value is -2.24. The molecule has 1 N–H and O–H groups in total. The van der Waals surface area contributed by atoms with Crippen LogP contribution in [0.1, 0.15) is 11.5 Å². The minimum atomic E-state index is -0.155. The second-order valence-electron chi connectivity index (χ2n) is 3.64. The van der Waals surface area contributed by atoms with Gasteiger partial charge in [-0.15, -0.1) is 5.10 Å². The van der Waals surface area contributed by atoms with Crippen molar-refractivity contribution in [3.05, 3.63) is 34.1 Å². The molecule has 0 aliphatic heterocycles. The van der Waals surface area contributed by atoms with Gasteiger partial charge in [0, 0.05) is 6.20 Å². The van der Waals surface area contributed by atoms with Crippen molar-refractivity contribution in [2.24, 2.45) is 0 Å². The van der Waals surface area contributed by atoms with E-state index >= 15 is 0 Å². The van der Waals surface area contributed by atoms with E-state index in [1.807, 2.05) is 0 Å². The lowest BCUT2D eigenvalue weighted by Crippen LogP contribution is -2.10. The summed E-state index contributed by atoms with van der Waals surface area (Å²) in [5.74, 6) is 1.16. The molecule has 3 rings (SSSR count). The first-order valence-electron chi connectivity index (χ1n) is 4.88. The number of nitrogens with zero attached hydrogens (tertiary/aromatic N) is 4. The van der Waals surface area contributed by atoms with Crippen LogP contribution in [0.3, 0.4) is 0 Å². The number of aryl methyl sites for hydroxylation is 2. The highest BCUT2D eigenvalue weighted by atomic mass is 16.1. The fourth-order valence-corrected chi connectivity index (χ4v) is 1.84. The van der Waals surface area contributed by atoms with Crippen LogP contribution in [0.5, 0.6) is 0 Å². The van der Waals surface area contributed by atoms with E-state index in [1.165, 1.54) is 0 Å². The zero-order chi connectivity index (χ0) is 11.3. The first-order valence-corrected chi connectivity index (χ1v) is 4.88. The van der Waals surface area contributed by atoms with Crippen LogP contribution in [-0.2, 0) is 0 Å². The molecule has 0 fully saturated rings. The lowest BCUT2D eigenvalue weighted by atomic mass is 10.2. The smallest absolute Gasteiger partial charge is 0.259 e. The summed E-state index contributed by atoms with van der Waals surface area (Å²) in [5, 5.41) is 4.77. The summed E-state index contributed by atoms with van der Waals surface area (Å²) in [6.07, 6.45) is 1.60. The minimum Gasteiger partial charge on any atom is -0.328 e. The number of aromatic amines is 1. The molecule has 0 unspecified atom stereocenters. The van der Waals surface area contributed by atoms with Crippen molar-refractivity contribution in [1.82, 2.24) is 24.6 Å². The molecule has 6 nitrogen and oxygen atoms in total. The fraction of sp³-hybridized carbons (Fsp3) is 0.200. The van der Waals surface area contributed by atoms with Crippen molar-refractivity contribution in [2.45, 2.75) is 13.8 Å². The Morgan fingerprint density at radius 3 is 2.94 bits per heavy atom. The highest BCUT2D eigenvalue weighted by Gasteiger charge is 2.10. The minimum absolute atomic E-state index is 0.155.